The zero-order valence-electron chi connectivity index (χ0n) is 13.3. The summed E-state index contributed by atoms with van der Waals surface area (Å²) in [5.74, 6) is 0.229. The minimum Gasteiger partial charge on any atom is -0.381 e. The lowest BCUT2D eigenvalue weighted by Crippen LogP contribution is -2.41. The van der Waals surface area contributed by atoms with Crippen LogP contribution in [0.5, 0.6) is 0 Å². The lowest BCUT2D eigenvalue weighted by Gasteiger charge is -2.35. The molecule has 1 aliphatic rings. The van der Waals surface area contributed by atoms with Gasteiger partial charge < -0.3 is 15.0 Å². The van der Waals surface area contributed by atoms with Crippen molar-refractivity contribution in [1.82, 2.24) is 10.2 Å². The summed E-state index contributed by atoms with van der Waals surface area (Å²) in [6.07, 6.45) is 2.59. The maximum Gasteiger partial charge on any atom is 0.127 e. The van der Waals surface area contributed by atoms with Crippen molar-refractivity contribution in [2.75, 3.05) is 33.8 Å². The van der Waals surface area contributed by atoms with E-state index in [-0.39, 0.29) is 11.9 Å². The molecule has 1 aromatic carbocycles. The second kappa shape index (κ2) is 7.87. The SMILES string of the molecule is CNC(c1ccccc1F)C(C)CN1CCC(OC)CC1. The average Bonchev–Trinajstić information content (AvgIpc) is 2.50. The van der Waals surface area contributed by atoms with E-state index in [1.807, 2.05) is 19.2 Å². The molecule has 1 N–H and O–H groups in total. The normalized spacial score (nSPS) is 20.4. The Labute approximate surface area is 127 Å². The molecule has 2 atom stereocenters. The van der Waals surface area contributed by atoms with Gasteiger partial charge in [0.1, 0.15) is 5.82 Å². The predicted molar refractivity (Wildman–Crippen MR) is 83.8 cm³/mol. The molecule has 1 saturated heterocycles. The van der Waals surface area contributed by atoms with Crippen molar-refractivity contribution in [3.63, 3.8) is 0 Å². The number of hydrogen-bond acceptors (Lipinski definition) is 3. The molecular weight excluding hydrogens is 267 g/mol. The summed E-state index contributed by atoms with van der Waals surface area (Å²) in [6, 6.07) is 7.11. The standard InChI is InChI=1S/C17H27FN2O/c1-13(12-20-10-8-14(21-3)9-11-20)17(19-2)15-6-4-5-7-16(15)18/h4-7,13-14,17,19H,8-12H2,1-3H3. The maximum absolute atomic E-state index is 14.0. The third-order valence-electron chi connectivity index (χ3n) is 4.53. The molecule has 0 saturated carbocycles. The molecule has 118 valence electrons. The summed E-state index contributed by atoms with van der Waals surface area (Å²) >= 11 is 0. The summed E-state index contributed by atoms with van der Waals surface area (Å²) in [6.45, 7) is 5.30. The summed E-state index contributed by atoms with van der Waals surface area (Å²) in [7, 11) is 3.70. The van der Waals surface area contributed by atoms with Crippen LogP contribution >= 0.6 is 0 Å². The fourth-order valence-electron chi connectivity index (χ4n) is 3.31. The lowest BCUT2D eigenvalue weighted by molar-refractivity contribution is 0.0355. The van der Waals surface area contributed by atoms with Gasteiger partial charge in [0, 0.05) is 38.3 Å². The van der Waals surface area contributed by atoms with E-state index in [0.717, 1.165) is 38.0 Å². The first-order valence-electron chi connectivity index (χ1n) is 7.82. The molecule has 2 unspecified atom stereocenters. The Balaban J connectivity index is 1.95. The van der Waals surface area contributed by atoms with Gasteiger partial charge in [-0.15, -0.1) is 0 Å². The van der Waals surface area contributed by atoms with Crippen LogP contribution in [0.2, 0.25) is 0 Å². The molecule has 4 heteroatoms. The van der Waals surface area contributed by atoms with Crippen LogP contribution in [0.1, 0.15) is 31.4 Å². The van der Waals surface area contributed by atoms with Gasteiger partial charge in [-0.25, -0.2) is 4.39 Å². The van der Waals surface area contributed by atoms with E-state index in [0.29, 0.717) is 12.0 Å². The monoisotopic (exact) mass is 294 g/mol. The molecule has 1 aromatic rings. The fraction of sp³-hybridized carbons (Fsp3) is 0.647. The summed E-state index contributed by atoms with van der Waals surface area (Å²) < 4.78 is 19.4. The summed E-state index contributed by atoms with van der Waals surface area (Å²) in [4.78, 5) is 2.46. The van der Waals surface area contributed by atoms with E-state index in [1.54, 1.807) is 13.2 Å². The van der Waals surface area contributed by atoms with Crippen molar-refractivity contribution in [3.8, 4) is 0 Å². The molecule has 2 rings (SSSR count). The lowest BCUT2D eigenvalue weighted by atomic mass is 9.93. The number of piperidine rings is 1. The van der Waals surface area contributed by atoms with Gasteiger partial charge in [-0.1, -0.05) is 25.1 Å². The first-order valence-corrected chi connectivity index (χ1v) is 7.82. The van der Waals surface area contributed by atoms with E-state index < -0.39 is 0 Å². The predicted octanol–water partition coefficient (Wildman–Crippen LogP) is 2.83. The highest BCUT2D eigenvalue weighted by atomic mass is 19.1. The number of likely N-dealkylation sites (tertiary alicyclic amines) is 1. The van der Waals surface area contributed by atoms with Crippen molar-refractivity contribution in [2.24, 2.45) is 5.92 Å². The van der Waals surface area contributed by atoms with Gasteiger partial charge in [0.15, 0.2) is 0 Å². The Bertz CT molecular complexity index is 433. The summed E-state index contributed by atoms with van der Waals surface area (Å²) in [5, 5.41) is 3.28. The summed E-state index contributed by atoms with van der Waals surface area (Å²) in [5.41, 5.74) is 0.763. The van der Waals surface area contributed by atoms with Gasteiger partial charge in [-0.3, -0.25) is 0 Å². The van der Waals surface area contributed by atoms with Crippen LogP contribution < -0.4 is 5.32 Å². The van der Waals surface area contributed by atoms with E-state index in [9.17, 15) is 4.39 Å². The van der Waals surface area contributed by atoms with Crippen LogP contribution in [0.4, 0.5) is 4.39 Å². The van der Waals surface area contributed by atoms with Gasteiger partial charge >= 0.3 is 0 Å². The minimum absolute atomic E-state index is 0.0475. The van der Waals surface area contributed by atoms with E-state index >= 15 is 0 Å². The molecule has 0 aliphatic carbocycles. The van der Waals surface area contributed by atoms with Crippen LogP contribution in [0.15, 0.2) is 24.3 Å². The number of nitrogens with zero attached hydrogens (tertiary/aromatic N) is 1. The highest BCUT2D eigenvalue weighted by molar-refractivity contribution is 5.21. The molecular formula is C17H27FN2O. The van der Waals surface area contributed by atoms with Crippen molar-refractivity contribution < 1.29 is 9.13 Å². The Kier molecular flexibility index (Phi) is 6.15. The molecule has 0 aromatic heterocycles. The van der Waals surface area contributed by atoms with Crippen molar-refractivity contribution in [2.45, 2.75) is 31.9 Å². The Morgan fingerprint density at radius 2 is 2.00 bits per heavy atom. The molecule has 0 radical (unpaired) electrons. The minimum atomic E-state index is -0.123. The van der Waals surface area contributed by atoms with Crippen LogP contribution in [0.25, 0.3) is 0 Å². The smallest absolute Gasteiger partial charge is 0.127 e. The molecule has 0 bridgehead atoms. The number of halogens is 1. The van der Waals surface area contributed by atoms with Crippen molar-refractivity contribution in [1.29, 1.82) is 0 Å². The molecule has 1 aliphatic heterocycles. The Hall–Kier alpha value is -0.970. The zero-order chi connectivity index (χ0) is 15.2. The van der Waals surface area contributed by atoms with Crippen LogP contribution in [0, 0.1) is 11.7 Å². The molecule has 1 fully saturated rings. The first-order chi connectivity index (χ1) is 10.2. The van der Waals surface area contributed by atoms with E-state index in [1.165, 1.54) is 6.07 Å². The third-order valence-corrected chi connectivity index (χ3v) is 4.53. The van der Waals surface area contributed by atoms with E-state index in [2.05, 4.69) is 17.1 Å². The molecule has 21 heavy (non-hydrogen) atoms. The van der Waals surface area contributed by atoms with Crippen molar-refractivity contribution in [3.05, 3.63) is 35.6 Å². The van der Waals surface area contributed by atoms with Gasteiger partial charge in [-0.2, -0.15) is 0 Å². The molecule has 1 heterocycles. The number of nitrogens with one attached hydrogen (secondary N) is 1. The van der Waals surface area contributed by atoms with Crippen LogP contribution in [0.3, 0.4) is 0 Å². The second-order valence-electron chi connectivity index (χ2n) is 6.00. The van der Waals surface area contributed by atoms with Crippen LogP contribution in [-0.2, 0) is 4.74 Å². The zero-order valence-corrected chi connectivity index (χ0v) is 13.3. The quantitative estimate of drug-likeness (QED) is 0.873. The Morgan fingerprint density at radius 3 is 2.57 bits per heavy atom. The van der Waals surface area contributed by atoms with Gasteiger partial charge in [0.25, 0.3) is 0 Å². The van der Waals surface area contributed by atoms with E-state index in [4.69, 9.17) is 4.74 Å². The second-order valence-corrected chi connectivity index (χ2v) is 6.00. The molecule has 3 nitrogen and oxygen atoms in total. The average molecular weight is 294 g/mol. The number of hydrogen-bond donors (Lipinski definition) is 1. The fourth-order valence-corrected chi connectivity index (χ4v) is 3.31. The largest absolute Gasteiger partial charge is 0.381 e. The van der Waals surface area contributed by atoms with Crippen molar-refractivity contribution >= 4 is 0 Å². The molecule has 0 spiro atoms. The Morgan fingerprint density at radius 1 is 1.33 bits per heavy atom. The van der Waals surface area contributed by atoms with Gasteiger partial charge in [0.2, 0.25) is 0 Å². The third kappa shape index (κ3) is 4.25. The van der Waals surface area contributed by atoms with Crippen LogP contribution in [-0.4, -0.2) is 44.8 Å². The first kappa shape index (κ1) is 16.4. The number of methoxy groups -OCH3 is 1. The molecule has 0 amide bonds. The number of ether oxygens (including phenoxy) is 1. The van der Waals surface area contributed by atoms with Gasteiger partial charge in [-0.05, 0) is 31.9 Å². The maximum atomic E-state index is 14.0. The highest BCUT2D eigenvalue weighted by Crippen LogP contribution is 2.26. The number of rotatable bonds is 6. The highest BCUT2D eigenvalue weighted by Gasteiger charge is 2.25. The topological polar surface area (TPSA) is 24.5 Å². The number of benzene rings is 1. The van der Waals surface area contributed by atoms with Gasteiger partial charge in [0.05, 0.1) is 6.10 Å².